The Morgan fingerprint density at radius 3 is 2.41 bits per heavy atom. The summed E-state index contributed by atoms with van der Waals surface area (Å²) in [6.45, 7) is 0. The smallest absolute Gasteiger partial charge is 0.266 e. The minimum atomic E-state index is -0.535. The van der Waals surface area contributed by atoms with Gasteiger partial charge in [-0.05, 0) is 35.9 Å². The summed E-state index contributed by atoms with van der Waals surface area (Å²) in [6.07, 6.45) is 4.87. The highest BCUT2D eigenvalue weighted by Crippen LogP contribution is 2.10. The van der Waals surface area contributed by atoms with Gasteiger partial charge in [0.15, 0.2) is 0 Å². The van der Waals surface area contributed by atoms with Crippen molar-refractivity contribution in [2.45, 2.75) is 0 Å². The summed E-state index contributed by atoms with van der Waals surface area (Å²) in [7, 11) is 0. The highest BCUT2D eigenvalue weighted by Gasteiger charge is 2.08. The van der Waals surface area contributed by atoms with Gasteiger partial charge in [-0.3, -0.25) is 4.79 Å². The Morgan fingerprint density at radius 1 is 1.09 bits per heavy atom. The first kappa shape index (κ1) is 15.2. The van der Waals surface area contributed by atoms with E-state index < -0.39 is 5.91 Å². The first-order chi connectivity index (χ1) is 10.7. The number of nitrogens with one attached hydrogen (secondary N) is 1. The van der Waals surface area contributed by atoms with Crippen LogP contribution in [-0.4, -0.2) is 5.91 Å². The zero-order chi connectivity index (χ0) is 15.8. The van der Waals surface area contributed by atoms with Crippen molar-refractivity contribution >= 4 is 17.7 Å². The van der Waals surface area contributed by atoms with Crippen LogP contribution in [0.25, 0.3) is 6.08 Å². The zero-order valence-electron chi connectivity index (χ0n) is 11.7. The fourth-order valence-corrected chi connectivity index (χ4v) is 1.71. The predicted octanol–water partition coefficient (Wildman–Crippen LogP) is 3.93. The second kappa shape index (κ2) is 7.55. The molecular weight excluding hydrogens is 279 g/mol. The third kappa shape index (κ3) is 4.43. The number of nitriles is 1. The molecule has 0 saturated carbocycles. The van der Waals surface area contributed by atoms with Crippen LogP contribution in [0.4, 0.5) is 10.1 Å². The first-order valence-electron chi connectivity index (χ1n) is 6.59. The summed E-state index contributed by atoms with van der Waals surface area (Å²) in [6, 6.07) is 16.7. The van der Waals surface area contributed by atoms with Gasteiger partial charge in [-0.1, -0.05) is 42.5 Å². The zero-order valence-corrected chi connectivity index (χ0v) is 11.7. The molecule has 0 saturated heterocycles. The maximum Gasteiger partial charge on any atom is 0.266 e. The Kier molecular flexibility index (Phi) is 5.22. The topological polar surface area (TPSA) is 52.9 Å². The average Bonchev–Trinajstić information content (AvgIpc) is 2.54. The molecule has 108 valence electrons. The van der Waals surface area contributed by atoms with Crippen molar-refractivity contribution in [3.05, 3.63) is 83.7 Å². The molecule has 4 heteroatoms. The number of benzene rings is 2. The van der Waals surface area contributed by atoms with Crippen LogP contribution in [0.1, 0.15) is 5.56 Å². The fourth-order valence-electron chi connectivity index (χ4n) is 1.71. The molecule has 2 aromatic rings. The Hall–Kier alpha value is -3.19. The molecule has 2 rings (SSSR count). The summed E-state index contributed by atoms with van der Waals surface area (Å²) < 4.78 is 12.8. The Labute approximate surface area is 128 Å². The van der Waals surface area contributed by atoms with Crippen molar-refractivity contribution in [2.24, 2.45) is 0 Å². The van der Waals surface area contributed by atoms with Gasteiger partial charge in [0.2, 0.25) is 0 Å². The maximum absolute atomic E-state index is 12.8. The van der Waals surface area contributed by atoms with E-state index in [1.165, 1.54) is 30.3 Å². The van der Waals surface area contributed by atoms with E-state index >= 15 is 0 Å². The maximum atomic E-state index is 12.8. The average molecular weight is 292 g/mol. The number of halogens is 1. The van der Waals surface area contributed by atoms with Crippen LogP contribution in [0.5, 0.6) is 0 Å². The fraction of sp³-hybridized carbons (Fsp3) is 0. The molecule has 0 atom stereocenters. The lowest BCUT2D eigenvalue weighted by Crippen LogP contribution is -2.13. The van der Waals surface area contributed by atoms with Gasteiger partial charge in [-0.2, -0.15) is 5.26 Å². The normalized spacial score (nSPS) is 11.2. The van der Waals surface area contributed by atoms with Crippen molar-refractivity contribution in [1.29, 1.82) is 5.26 Å². The van der Waals surface area contributed by atoms with Gasteiger partial charge in [-0.15, -0.1) is 0 Å². The van der Waals surface area contributed by atoms with E-state index in [0.717, 1.165) is 5.56 Å². The standard InChI is InChI=1S/C18H13FN2O/c19-16-9-11-17(12-10-16)21-18(22)15(13-20)8-4-7-14-5-2-1-3-6-14/h1-12H,(H,21,22). The highest BCUT2D eigenvalue weighted by molar-refractivity contribution is 6.06. The number of carbonyl (C=O) groups is 1. The second-order valence-electron chi connectivity index (χ2n) is 4.42. The molecule has 0 radical (unpaired) electrons. The number of allylic oxidation sites excluding steroid dienone is 2. The lowest BCUT2D eigenvalue weighted by molar-refractivity contribution is -0.112. The Bertz CT molecular complexity index is 741. The van der Waals surface area contributed by atoms with Gasteiger partial charge < -0.3 is 5.32 Å². The molecule has 0 aliphatic carbocycles. The molecule has 1 amide bonds. The molecule has 0 spiro atoms. The quantitative estimate of drug-likeness (QED) is 0.527. The third-order valence-electron chi connectivity index (χ3n) is 2.82. The predicted molar refractivity (Wildman–Crippen MR) is 84.2 cm³/mol. The summed E-state index contributed by atoms with van der Waals surface area (Å²) >= 11 is 0. The van der Waals surface area contributed by atoms with Crippen LogP contribution < -0.4 is 5.32 Å². The SMILES string of the molecule is N#CC(=CC=Cc1ccccc1)C(=O)Nc1ccc(F)cc1. The van der Waals surface area contributed by atoms with E-state index in [2.05, 4.69) is 5.32 Å². The van der Waals surface area contributed by atoms with Crippen LogP contribution in [0.3, 0.4) is 0 Å². The van der Waals surface area contributed by atoms with E-state index in [0.29, 0.717) is 5.69 Å². The minimum absolute atomic E-state index is 0.0310. The van der Waals surface area contributed by atoms with Gasteiger partial charge >= 0.3 is 0 Å². The number of anilines is 1. The molecule has 0 fully saturated rings. The van der Waals surface area contributed by atoms with E-state index in [4.69, 9.17) is 5.26 Å². The molecule has 0 aromatic heterocycles. The molecule has 0 unspecified atom stereocenters. The third-order valence-corrected chi connectivity index (χ3v) is 2.82. The molecule has 3 nitrogen and oxygen atoms in total. The van der Waals surface area contributed by atoms with Crippen LogP contribution >= 0.6 is 0 Å². The van der Waals surface area contributed by atoms with Crippen molar-refractivity contribution in [3.8, 4) is 6.07 Å². The number of hydrogen-bond acceptors (Lipinski definition) is 2. The molecule has 0 bridgehead atoms. The van der Waals surface area contributed by atoms with Crippen LogP contribution in [0.15, 0.2) is 72.3 Å². The van der Waals surface area contributed by atoms with E-state index in [1.807, 2.05) is 36.4 Å². The van der Waals surface area contributed by atoms with Crippen molar-refractivity contribution in [2.75, 3.05) is 5.32 Å². The van der Waals surface area contributed by atoms with Gasteiger partial charge in [0.25, 0.3) is 5.91 Å². The van der Waals surface area contributed by atoms with E-state index in [-0.39, 0.29) is 11.4 Å². The van der Waals surface area contributed by atoms with Crippen LogP contribution in [-0.2, 0) is 4.79 Å². The molecule has 0 aliphatic rings. The Morgan fingerprint density at radius 2 is 1.77 bits per heavy atom. The second-order valence-corrected chi connectivity index (χ2v) is 4.42. The van der Waals surface area contributed by atoms with Gasteiger partial charge in [0.05, 0.1) is 0 Å². The van der Waals surface area contributed by atoms with E-state index in [1.54, 1.807) is 12.2 Å². The van der Waals surface area contributed by atoms with Gasteiger partial charge in [-0.25, -0.2) is 4.39 Å². The van der Waals surface area contributed by atoms with E-state index in [9.17, 15) is 9.18 Å². The van der Waals surface area contributed by atoms with Gasteiger partial charge in [0.1, 0.15) is 17.5 Å². The summed E-state index contributed by atoms with van der Waals surface area (Å²) in [5.41, 5.74) is 1.37. The molecular formula is C18H13FN2O. The van der Waals surface area contributed by atoms with Crippen molar-refractivity contribution < 1.29 is 9.18 Å². The summed E-state index contributed by atoms with van der Waals surface area (Å²) in [5.74, 6) is -0.924. The van der Waals surface area contributed by atoms with Gasteiger partial charge in [0, 0.05) is 5.69 Å². The number of amides is 1. The summed E-state index contributed by atoms with van der Waals surface area (Å²) in [4.78, 5) is 11.9. The number of rotatable bonds is 4. The largest absolute Gasteiger partial charge is 0.321 e. The lowest BCUT2D eigenvalue weighted by Gasteiger charge is -2.03. The molecule has 2 aromatic carbocycles. The summed E-state index contributed by atoms with van der Waals surface area (Å²) in [5, 5.41) is 11.6. The first-order valence-corrected chi connectivity index (χ1v) is 6.59. The monoisotopic (exact) mass is 292 g/mol. The van der Waals surface area contributed by atoms with Crippen molar-refractivity contribution in [1.82, 2.24) is 0 Å². The Balaban J connectivity index is 2.05. The molecule has 22 heavy (non-hydrogen) atoms. The van der Waals surface area contributed by atoms with Crippen LogP contribution in [0, 0.1) is 17.1 Å². The number of nitrogens with zero attached hydrogens (tertiary/aromatic N) is 1. The van der Waals surface area contributed by atoms with Crippen molar-refractivity contribution in [3.63, 3.8) is 0 Å². The minimum Gasteiger partial charge on any atom is -0.321 e. The molecule has 0 aliphatic heterocycles. The molecule has 0 heterocycles. The van der Waals surface area contributed by atoms with Crippen LogP contribution in [0.2, 0.25) is 0 Å². The lowest BCUT2D eigenvalue weighted by atomic mass is 10.2. The number of carbonyl (C=O) groups excluding carboxylic acids is 1. The molecule has 1 N–H and O–H groups in total. The highest BCUT2D eigenvalue weighted by atomic mass is 19.1. The number of hydrogen-bond donors (Lipinski definition) is 1.